The molecular formula is C9H9FN2O5. The second kappa shape index (κ2) is 4.13. The maximum Gasteiger partial charge on any atom is 0.364 e. The van der Waals surface area contributed by atoms with Gasteiger partial charge >= 0.3 is 11.7 Å². The number of epoxide rings is 1. The molecule has 0 radical (unpaired) electrons. The highest BCUT2D eigenvalue weighted by Gasteiger charge is 2.26. The molecule has 1 aromatic rings. The summed E-state index contributed by atoms with van der Waals surface area (Å²) in [5.74, 6) is -1.97. The van der Waals surface area contributed by atoms with Gasteiger partial charge in [0.05, 0.1) is 25.5 Å². The Labute approximate surface area is 93.9 Å². The quantitative estimate of drug-likeness (QED) is 0.606. The molecule has 0 N–H and O–H groups in total. The smallest absolute Gasteiger partial charge is 0.364 e. The van der Waals surface area contributed by atoms with Crippen LogP contribution in [0, 0.1) is 5.82 Å². The molecule has 1 atom stereocenters. The average molecular weight is 244 g/mol. The third-order valence-corrected chi connectivity index (χ3v) is 2.11. The van der Waals surface area contributed by atoms with Crippen molar-refractivity contribution < 1.29 is 18.8 Å². The van der Waals surface area contributed by atoms with Gasteiger partial charge in [-0.3, -0.25) is 9.36 Å². The van der Waals surface area contributed by atoms with Crippen LogP contribution in [0.2, 0.25) is 0 Å². The van der Waals surface area contributed by atoms with Crippen LogP contribution in [-0.2, 0) is 16.1 Å². The van der Waals surface area contributed by atoms with Gasteiger partial charge in [-0.2, -0.15) is 4.39 Å². The maximum absolute atomic E-state index is 13.2. The number of hydrogen-bond donors (Lipinski definition) is 0. The maximum atomic E-state index is 13.2. The first-order valence-electron chi connectivity index (χ1n) is 4.81. The fraction of sp³-hybridized carbons (Fsp3) is 0.444. The molecule has 1 saturated heterocycles. The summed E-state index contributed by atoms with van der Waals surface area (Å²) in [6.07, 6.45) is 0.268. The third-order valence-electron chi connectivity index (χ3n) is 2.11. The number of hydrogen-bond acceptors (Lipinski definition) is 5. The molecule has 1 fully saturated rings. The van der Waals surface area contributed by atoms with E-state index in [0.717, 1.165) is 6.92 Å². The lowest BCUT2D eigenvalue weighted by atomic mass is 10.4. The minimum absolute atomic E-state index is 0.0588. The molecule has 0 spiro atoms. The number of nitrogens with zero attached hydrogens (tertiary/aromatic N) is 2. The molecule has 17 heavy (non-hydrogen) atoms. The van der Waals surface area contributed by atoms with Gasteiger partial charge in [0, 0.05) is 6.92 Å². The Bertz CT molecular complexity index is 572. The van der Waals surface area contributed by atoms with Crippen molar-refractivity contribution in [1.82, 2.24) is 9.30 Å². The molecule has 2 heterocycles. The summed E-state index contributed by atoms with van der Waals surface area (Å²) < 4.78 is 19.1. The predicted molar refractivity (Wildman–Crippen MR) is 51.9 cm³/mol. The van der Waals surface area contributed by atoms with Gasteiger partial charge in [-0.1, -0.05) is 0 Å². The van der Waals surface area contributed by atoms with Gasteiger partial charge in [-0.25, -0.2) is 9.59 Å². The average Bonchev–Trinajstić information content (AvgIpc) is 3.04. The van der Waals surface area contributed by atoms with Gasteiger partial charge in [-0.15, -0.1) is 4.73 Å². The summed E-state index contributed by atoms with van der Waals surface area (Å²) >= 11 is 0. The number of carbonyl (C=O) groups excluding carboxylic acids is 1. The van der Waals surface area contributed by atoms with E-state index in [0.29, 0.717) is 22.1 Å². The van der Waals surface area contributed by atoms with E-state index in [2.05, 4.69) is 4.84 Å². The van der Waals surface area contributed by atoms with Crippen molar-refractivity contribution in [1.29, 1.82) is 0 Å². The van der Waals surface area contributed by atoms with E-state index in [9.17, 15) is 18.8 Å². The number of aromatic nitrogens is 2. The molecule has 2 rings (SSSR count). The Balaban J connectivity index is 2.47. The zero-order valence-electron chi connectivity index (χ0n) is 8.88. The van der Waals surface area contributed by atoms with Gasteiger partial charge in [0.1, 0.15) is 0 Å². The van der Waals surface area contributed by atoms with Crippen LogP contribution in [0.5, 0.6) is 0 Å². The highest BCUT2D eigenvalue weighted by atomic mass is 19.1. The van der Waals surface area contributed by atoms with Crippen LogP contribution in [0.1, 0.15) is 6.92 Å². The molecule has 0 aromatic carbocycles. The minimum atomic E-state index is -1.17. The van der Waals surface area contributed by atoms with E-state index in [4.69, 9.17) is 4.74 Å². The van der Waals surface area contributed by atoms with Crippen LogP contribution in [-0.4, -0.2) is 28.0 Å². The summed E-state index contributed by atoms with van der Waals surface area (Å²) in [4.78, 5) is 38.2. The summed E-state index contributed by atoms with van der Waals surface area (Å²) in [5, 5.41) is 0. The Morgan fingerprint density at radius 2 is 2.29 bits per heavy atom. The molecule has 7 nitrogen and oxygen atoms in total. The topological polar surface area (TPSA) is 82.8 Å². The first-order chi connectivity index (χ1) is 7.99. The molecule has 92 valence electrons. The molecular weight excluding hydrogens is 235 g/mol. The lowest BCUT2D eigenvalue weighted by Crippen LogP contribution is -2.44. The van der Waals surface area contributed by atoms with Crippen LogP contribution in [0.3, 0.4) is 0 Å². The zero-order chi connectivity index (χ0) is 12.6. The van der Waals surface area contributed by atoms with E-state index in [1.807, 2.05) is 0 Å². The summed E-state index contributed by atoms with van der Waals surface area (Å²) in [6, 6.07) is 0. The highest BCUT2D eigenvalue weighted by Crippen LogP contribution is 2.09. The van der Waals surface area contributed by atoms with Crippen LogP contribution in [0.4, 0.5) is 4.39 Å². The molecule has 0 saturated carbocycles. The zero-order valence-corrected chi connectivity index (χ0v) is 8.88. The van der Waals surface area contributed by atoms with Crippen LogP contribution >= 0.6 is 0 Å². The SMILES string of the molecule is CC(=O)On1cc(F)c(=O)n(C[C@@H]2CO2)c1=O. The highest BCUT2D eigenvalue weighted by molar-refractivity contribution is 5.66. The van der Waals surface area contributed by atoms with Crippen molar-refractivity contribution in [3.05, 3.63) is 32.9 Å². The standard InChI is InChI=1S/C9H9FN2O5/c1-5(13)17-12-3-7(10)8(14)11(9(12)15)2-6-4-16-6/h3,6H,2,4H2,1H3/t6-/m1/s1. The summed E-state index contributed by atoms with van der Waals surface area (Å²) in [5.41, 5.74) is -1.98. The van der Waals surface area contributed by atoms with Crippen molar-refractivity contribution in [2.45, 2.75) is 19.6 Å². The molecule has 1 aromatic heterocycles. The molecule has 8 heteroatoms. The van der Waals surface area contributed by atoms with Crippen molar-refractivity contribution in [2.24, 2.45) is 0 Å². The van der Waals surface area contributed by atoms with Gasteiger partial charge in [0.2, 0.25) is 5.82 Å². The van der Waals surface area contributed by atoms with Gasteiger partial charge in [0.25, 0.3) is 5.56 Å². The van der Waals surface area contributed by atoms with Crippen molar-refractivity contribution >= 4 is 5.97 Å². The third kappa shape index (κ3) is 2.41. The van der Waals surface area contributed by atoms with Gasteiger partial charge in [0.15, 0.2) is 0 Å². The minimum Gasteiger partial charge on any atom is -0.371 e. The van der Waals surface area contributed by atoms with Crippen LogP contribution in [0.25, 0.3) is 0 Å². The lowest BCUT2D eigenvalue weighted by Gasteiger charge is -2.07. The van der Waals surface area contributed by atoms with E-state index in [1.54, 1.807) is 0 Å². The normalized spacial score (nSPS) is 17.9. The molecule has 1 aliphatic rings. The van der Waals surface area contributed by atoms with Crippen molar-refractivity contribution in [3.63, 3.8) is 0 Å². The van der Waals surface area contributed by atoms with Crippen molar-refractivity contribution in [3.8, 4) is 0 Å². The Morgan fingerprint density at radius 1 is 1.65 bits per heavy atom. The molecule has 0 aliphatic carbocycles. The fourth-order valence-corrected chi connectivity index (χ4v) is 1.29. The second-order valence-electron chi connectivity index (χ2n) is 3.54. The van der Waals surface area contributed by atoms with Gasteiger partial charge < -0.3 is 9.57 Å². The molecule has 0 amide bonds. The molecule has 1 aliphatic heterocycles. The first-order valence-corrected chi connectivity index (χ1v) is 4.81. The lowest BCUT2D eigenvalue weighted by molar-refractivity contribution is -0.142. The van der Waals surface area contributed by atoms with Gasteiger partial charge in [-0.05, 0) is 0 Å². The summed E-state index contributed by atoms with van der Waals surface area (Å²) in [7, 11) is 0. The van der Waals surface area contributed by atoms with E-state index >= 15 is 0 Å². The molecule has 0 unspecified atom stereocenters. The Morgan fingerprint density at radius 3 is 2.82 bits per heavy atom. The van der Waals surface area contributed by atoms with Crippen LogP contribution in [0.15, 0.2) is 15.8 Å². The number of carbonyl (C=O) groups is 1. The number of ether oxygens (including phenoxy) is 1. The summed E-state index contributed by atoms with van der Waals surface area (Å²) in [6.45, 7) is 1.41. The predicted octanol–water partition coefficient (Wildman–Crippen LogP) is -1.48. The Hall–Kier alpha value is -1.96. The largest absolute Gasteiger partial charge is 0.371 e. The van der Waals surface area contributed by atoms with E-state index < -0.39 is 23.0 Å². The Kier molecular flexibility index (Phi) is 2.80. The van der Waals surface area contributed by atoms with E-state index in [-0.39, 0.29) is 12.6 Å². The van der Waals surface area contributed by atoms with Crippen molar-refractivity contribution in [2.75, 3.05) is 6.61 Å². The number of halogens is 1. The monoisotopic (exact) mass is 244 g/mol. The molecule has 0 bridgehead atoms. The number of rotatable bonds is 3. The first kappa shape index (κ1) is 11.5. The van der Waals surface area contributed by atoms with E-state index in [1.165, 1.54) is 0 Å². The fourth-order valence-electron chi connectivity index (χ4n) is 1.29. The second-order valence-corrected chi connectivity index (χ2v) is 3.54. The van der Waals surface area contributed by atoms with Crippen LogP contribution < -0.4 is 16.1 Å².